The summed E-state index contributed by atoms with van der Waals surface area (Å²) in [5.41, 5.74) is 2.84. The zero-order valence-corrected chi connectivity index (χ0v) is 9.89. The number of hydrogen-bond acceptors (Lipinski definition) is 1. The highest BCUT2D eigenvalue weighted by molar-refractivity contribution is 5.23. The van der Waals surface area contributed by atoms with Gasteiger partial charge in [0, 0.05) is 11.6 Å². The maximum atomic E-state index is 3.55. The fourth-order valence-electron chi connectivity index (χ4n) is 1.59. The monoisotopic (exact) mass is 191 g/mol. The summed E-state index contributed by atoms with van der Waals surface area (Å²) in [5.74, 6) is 0. The quantitative estimate of drug-likeness (QED) is 0.755. The van der Waals surface area contributed by atoms with Gasteiger partial charge in [0.15, 0.2) is 0 Å². The van der Waals surface area contributed by atoms with Crippen LogP contribution in [-0.2, 0) is 0 Å². The van der Waals surface area contributed by atoms with Crippen LogP contribution in [0.2, 0.25) is 0 Å². The third-order valence-electron chi connectivity index (χ3n) is 2.23. The molecule has 0 amide bonds. The second kappa shape index (κ2) is 4.14. The summed E-state index contributed by atoms with van der Waals surface area (Å²) < 4.78 is 0. The predicted molar refractivity (Wildman–Crippen MR) is 62.5 cm³/mol. The number of nitrogens with one attached hydrogen (secondary N) is 1. The summed E-state index contributed by atoms with van der Waals surface area (Å²) in [6.07, 6.45) is 0. The largest absolute Gasteiger partial charge is 0.306 e. The first-order valence-electron chi connectivity index (χ1n) is 5.23. The minimum absolute atomic E-state index is 0.171. The Kier molecular flexibility index (Phi) is 3.33. The van der Waals surface area contributed by atoms with Gasteiger partial charge in [-0.2, -0.15) is 0 Å². The van der Waals surface area contributed by atoms with Crippen molar-refractivity contribution in [1.29, 1.82) is 0 Å². The van der Waals surface area contributed by atoms with Crippen LogP contribution in [0.15, 0.2) is 24.3 Å². The predicted octanol–water partition coefficient (Wildman–Crippen LogP) is 3.44. The standard InChI is InChI=1S/C13H21N/c1-10-6-8-12(9-7-10)11(2)14-13(3,4)5/h6-9,11,14H,1-5H3. The Labute approximate surface area is 87.5 Å². The van der Waals surface area contributed by atoms with E-state index in [1.54, 1.807) is 0 Å². The average Bonchev–Trinajstić information content (AvgIpc) is 2.02. The van der Waals surface area contributed by atoms with Gasteiger partial charge in [-0.15, -0.1) is 0 Å². The van der Waals surface area contributed by atoms with Gasteiger partial charge in [-0.05, 0) is 40.2 Å². The highest BCUT2D eigenvalue weighted by Crippen LogP contribution is 2.16. The minimum Gasteiger partial charge on any atom is -0.306 e. The fraction of sp³-hybridized carbons (Fsp3) is 0.538. The number of benzene rings is 1. The van der Waals surface area contributed by atoms with Gasteiger partial charge < -0.3 is 5.32 Å². The van der Waals surface area contributed by atoms with Crippen molar-refractivity contribution in [2.24, 2.45) is 0 Å². The van der Waals surface area contributed by atoms with Crippen molar-refractivity contribution in [3.63, 3.8) is 0 Å². The van der Waals surface area contributed by atoms with Gasteiger partial charge >= 0.3 is 0 Å². The topological polar surface area (TPSA) is 12.0 Å². The Morgan fingerprint density at radius 2 is 1.57 bits per heavy atom. The van der Waals surface area contributed by atoms with Gasteiger partial charge in [0.25, 0.3) is 0 Å². The third kappa shape index (κ3) is 3.51. The molecule has 1 rings (SSSR count). The zero-order chi connectivity index (χ0) is 10.8. The minimum atomic E-state index is 0.171. The molecular formula is C13H21N. The molecule has 14 heavy (non-hydrogen) atoms. The number of hydrogen-bond donors (Lipinski definition) is 1. The van der Waals surface area contributed by atoms with Crippen LogP contribution in [0.3, 0.4) is 0 Å². The van der Waals surface area contributed by atoms with E-state index in [1.165, 1.54) is 11.1 Å². The van der Waals surface area contributed by atoms with E-state index >= 15 is 0 Å². The molecule has 0 radical (unpaired) electrons. The molecule has 1 aromatic carbocycles. The molecule has 1 unspecified atom stereocenters. The Bertz CT molecular complexity index is 279. The van der Waals surface area contributed by atoms with Crippen molar-refractivity contribution in [1.82, 2.24) is 5.32 Å². The van der Waals surface area contributed by atoms with E-state index in [0.29, 0.717) is 6.04 Å². The van der Waals surface area contributed by atoms with Crippen LogP contribution in [0.5, 0.6) is 0 Å². The van der Waals surface area contributed by atoms with Crippen LogP contribution in [0.25, 0.3) is 0 Å². The van der Waals surface area contributed by atoms with Crippen LogP contribution in [0, 0.1) is 6.92 Å². The van der Waals surface area contributed by atoms with Crippen LogP contribution in [0.1, 0.15) is 44.9 Å². The summed E-state index contributed by atoms with van der Waals surface area (Å²) in [6.45, 7) is 10.9. The molecule has 1 heteroatoms. The molecule has 0 bridgehead atoms. The lowest BCUT2D eigenvalue weighted by Gasteiger charge is -2.26. The molecule has 1 atom stereocenters. The first-order valence-corrected chi connectivity index (χ1v) is 5.23. The van der Waals surface area contributed by atoms with Gasteiger partial charge in [-0.1, -0.05) is 29.8 Å². The molecule has 0 fully saturated rings. The van der Waals surface area contributed by atoms with E-state index < -0.39 is 0 Å². The van der Waals surface area contributed by atoms with E-state index in [0.717, 1.165) is 0 Å². The Hall–Kier alpha value is -0.820. The van der Waals surface area contributed by atoms with Crippen LogP contribution >= 0.6 is 0 Å². The van der Waals surface area contributed by atoms with Crippen molar-refractivity contribution in [2.75, 3.05) is 0 Å². The van der Waals surface area contributed by atoms with Gasteiger partial charge in [-0.3, -0.25) is 0 Å². The lowest BCUT2D eigenvalue weighted by atomic mass is 10.0. The van der Waals surface area contributed by atoms with Gasteiger partial charge in [0.05, 0.1) is 0 Å². The summed E-state index contributed by atoms with van der Waals surface area (Å²) in [5, 5.41) is 3.55. The van der Waals surface area contributed by atoms with E-state index in [4.69, 9.17) is 0 Å². The maximum Gasteiger partial charge on any atom is 0.0296 e. The Balaban J connectivity index is 2.70. The number of aryl methyl sites for hydroxylation is 1. The highest BCUT2D eigenvalue weighted by atomic mass is 15.0. The molecule has 0 aliphatic rings. The van der Waals surface area contributed by atoms with Gasteiger partial charge in [-0.25, -0.2) is 0 Å². The molecule has 0 saturated heterocycles. The molecule has 0 aromatic heterocycles. The summed E-state index contributed by atoms with van der Waals surface area (Å²) in [4.78, 5) is 0. The average molecular weight is 191 g/mol. The van der Waals surface area contributed by atoms with E-state index in [1.807, 2.05) is 0 Å². The second-order valence-corrected chi connectivity index (χ2v) is 5.03. The molecule has 1 aromatic rings. The van der Waals surface area contributed by atoms with E-state index in [-0.39, 0.29) is 5.54 Å². The van der Waals surface area contributed by atoms with Crippen LogP contribution in [-0.4, -0.2) is 5.54 Å². The normalized spacial score (nSPS) is 14.1. The van der Waals surface area contributed by atoms with E-state index in [2.05, 4.69) is 64.2 Å². The molecule has 0 saturated carbocycles. The molecule has 1 N–H and O–H groups in total. The summed E-state index contributed by atoms with van der Waals surface area (Å²) in [6, 6.07) is 9.12. The Morgan fingerprint density at radius 1 is 1.07 bits per heavy atom. The van der Waals surface area contributed by atoms with Crippen molar-refractivity contribution >= 4 is 0 Å². The Morgan fingerprint density at radius 3 is 2.00 bits per heavy atom. The molecule has 1 nitrogen and oxygen atoms in total. The van der Waals surface area contributed by atoms with Crippen molar-refractivity contribution < 1.29 is 0 Å². The summed E-state index contributed by atoms with van der Waals surface area (Å²) in [7, 11) is 0. The molecule has 0 aliphatic heterocycles. The van der Waals surface area contributed by atoms with Crippen molar-refractivity contribution in [3.05, 3.63) is 35.4 Å². The zero-order valence-electron chi connectivity index (χ0n) is 9.89. The fourth-order valence-corrected chi connectivity index (χ4v) is 1.59. The van der Waals surface area contributed by atoms with Crippen molar-refractivity contribution in [2.45, 2.75) is 46.2 Å². The lowest BCUT2D eigenvalue weighted by Crippen LogP contribution is -2.37. The van der Waals surface area contributed by atoms with Crippen LogP contribution < -0.4 is 5.32 Å². The number of rotatable bonds is 2. The molecular weight excluding hydrogens is 170 g/mol. The first-order chi connectivity index (χ1) is 6.38. The molecule has 78 valence electrons. The smallest absolute Gasteiger partial charge is 0.0296 e. The summed E-state index contributed by atoms with van der Waals surface area (Å²) >= 11 is 0. The van der Waals surface area contributed by atoms with Gasteiger partial charge in [0.1, 0.15) is 0 Å². The third-order valence-corrected chi connectivity index (χ3v) is 2.23. The van der Waals surface area contributed by atoms with Crippen molar-refractivity contribution in [3.8, 4) is 0 Å². The first kappa shape index (κ1) is 11.3. The molecule has 0 heterocycles. The SMILES string of the molecule is Cc1ccc(C(C)NC(C)(C)C)cc1. The highest BCUT2D eigenvalue weighted by Gasteiger charge is 2.14. The molecule has 0 spiro atoms. The lowest BCUT2D eigenvalue weighted by molar-refractivity contribution is 0.378. The maximum absolute atomic E-state index is 3.55. The molecule has 0 aliphatic carbocycles. The van der Waals surface area contributed by atoms with Gasteiger partial charge in [0.2, 0.25) is 0 Å². The van der Waals surface area contributed by atoms with E-state index in [9.17, 15) is 0 Å². The second-order valence-electron chi connectivity index (χ2n) is 5.03. The van der Waals surface area contributed by atoms with Crippen LogP contribution in [0.4, 0.5) is 0 Å².